The molecule has 3 aromatic carbocycles. The predicted molar refractivity (Wildman–Crippen MR) is 167 cm³/mol. The molecule has 228 valence electrons. The second-order valence-electron chi connectivity index (χ2n) is 9.48. The first-order valence-corrected chi connectivity index (χ1v) is 15.5. The Morgan fingerprint density at radius 3 is 1.04 bits per heavy atom. The van der Waals surface area contributed by atoms with Gasteiger partial charge in [-0.25, -0.2) is 29.3 Å². The summed E-state index contributed by atoms with van der Waals surface area (Å²) in [6.45, 7) is 0. The molecule has 0 atom stereocenters. The van der Waals surface area contributed by atoms with Gasteiger partial charge in [-0.15, -0.1) is 0 Å². The third kappa shape index (κ3) is 6.02. The van der Waals surface area contributed by atoms with Gasteiger partial charge in [0.2, 0.25) is 0 Å². The molecule has 6 aromatic rings. The lowest BCUT2D eigenvalue weighted by Gasteiger charge is -2.14. The molecule has 0 aliphatic rings. The Morgan fingerprint density at radius 1 is 0.478 bits per heavy atom. The molecule has 3 N–H and O–H groups in total. The Bertz CT molecular complexity index is 2000. The summed E-state index contributed by atoms with van der Waals surface area (Å²) in [7, 11) is 0. The molecule has 0 unspecified atom stereocenters. The summed E-state index contributed by atoms with van der Waals surface area (Å²) in [6, 6.07) is 16.2. The zero-order valence-corrected chi connectivity index (χ0v) is 26.2. The van der Waals surface area contributed by atoms with Gasteiger partial charge in [0.05, 0.1) is 15.1 Å². The highest BCUT2D eigenvalue weighted by Crippen LogP contribution is 2.32. The number of aromatic nitrogens is 3. The summed E-state index contributed by atoms with van der Waals surface area (Å²) in [5.41, 5.74) is -1.02. The molecule has 0 amide bonds. The molecule has 3 aromatic heterocycles. The largest absolute Gasteiger partial charge is 1.20 e. The molecule has 0 spiro atoms. The molecule has 16 heteroatoms. The van der Waals surface area contributed by atoms with Gasteiger partial charge in [-0.05, 0) is 72.8 Å². The number of phenolic OH excluding ortho intramolecular Hbond substituents is 3. The molecular weight excluding hydrogens is 680 g/mol. The van der Waals surface area contributed by atoms with Crippen molar-refractivity contribution in [3.05, 3.63) is 105 Å². The molecule has 6 rings (SSSR count). The van der Waals surface area contributed by atoms with E-state index in [2.05, 4.69) is 15.0 Å². The Hall–Kier alpha value is -4.90. The minimum absolute atomic E-state index is 0.00757. The maximum absolute atomic E-state index is 13.2. The number of pyridine rings is 3. The molecule has 0 saturated heterocycles. The average molecular weight is 695 g/mol. The fraction of sp³-hybridized carbons (Fsp3) is 0. The van der Waals surface area contributed by atoms with E-state index in [4.69, 9.17) is 46.2 Å². The average Bonchev–Trinajstić information content (AvgIpc) is 3.05. The van der Waals surface area contributed by atoms with Gasteiger partial charge in [-0.2, -0.15) is 0 Å². The predicted octanol–water partition coefficient (Wildman–Crippen LogP) is 6.26. The summed E-state index contributed by atoms with van der Waals surface area (Å²) in [5, 5.41) is 32.5. The molecule has 0 fully saturated rings. The Morgan fingerprint density at radius 2 is 0.761 bits per heavy atom. The van der Waals surface area contributed by atoms with E-state index in [1.54, 1.807) is 0 Å². The van der Waals surface area contributed by atoms with Crippen molar-refractivity contribution in [1.82, 2.24) is 15.0 Å². The summed E-state index contributed by atoms with van der Waals surface area (Å²) >= 11 is 14.4. The first kappa shape index (κ1) is 31.1. The van der Waals surface area contributed by atoms with Crippen LogP contribution in [-0.4, -0.2) is 63.3 Å². The molecule has 0 aliphatic heterocycles. The van der Waals surface area contributed by atoms with E-state index in [-0.39, 0.29) is 65.9 Å². The van der Waals surface area contributed by atoms with Gasteiger partial charge in [0.1, 0.15) is 50.9 Å². The first-order valence-electron chi connectivity index (χ1n) is 13.0. The van der Waals surface area contributed by atoms with Crippen LogP contribution in [0.1, 0.15) is 31.5 Å². The van der Waals surface area contributed by atoms with E-state index in [1.807, 2.05) is 0 Å². The highest BCUT2D eigenvalue weighted by molar-refractivity contribution is 6.45. The molecule has 0 radical (unpaired) electrons. The number of rotatable bonds is 6. The molecule has 0 bridgehead atoms. The van der Waals surface area contributed by atoms with Crippen molar-refractivity contribution in [3.63, 3.8) is 0 Å². The number of nitrogens with zero attached hydrogens (tertiary/aromatic N) is 3. The number of benzene rings is 3. The third-order valence-electron chi connectivity index (χ3n) is 6.59. The van der Waals surface area contributed by atoms with E-state index < -0.39 is 33.1 Å². The number of halogens is 3. The number of aromatic hydroxyl groups is 3. The maximum Gasteiger partial charge on any atom is 1.20 e. The fourth-order valence-corrected chi connectivity index (χ4v) is 6.04. The number of fused-ring (bicyclic) bond motifs is 3. The van der Waals surface area contributed by atoms with Gasteiger partial charge in [0.25, 0.3) is 0 Å². The highest BCUT2D eigenvalue weighted by Gasteiger charge is 2.50. The monoisotopic (exact) mass is 693 g/mol. The number of phenols is 3. The lowest BCUT2D eigenvalue weighted by Crippen LogP contribution is -2.35. The van der Waals surface area contributed by atoms with Crippen LogP contribution in [0.15, 0.2) is 72.8 Å². The van der Waals surface area contributed by atoms with Crippen molar-refractivity contribution < 1.29 is 41.1 Å². The Labute approximate surface area is 277 Å². The smallest absolute Gasteiger partial charge is 0.546 e. The van der Waals surface area contributed by atoms with Crippen LogP contribution in [0.4, 0.5) is 0 Å². The third-order valence-corrected chi connectivity index (χ3v) is 8.79. The van der Waals surface area contributed by atoms with Crippen LogP contribution >= 0.6 is 34.8 Å². The summed E-state index contributed by atoms with van der Waals surface area (Å²) in [4.78, 5) is 51.8. The normalized spacial score (nSPS) is 11.0. The van der Waals surface area contributed by atoms with Gasteiger partial charge in [0.15, 0.2) is 0 Å². The maximum atomic E-state index is 13.2. The standard InChI is InChI=1S/3C10H6ClNO3.Al/c3*11-6-2-4-8(13)9-5(6)1-3-7(12-9)10(14)15;/h3*1-4,13H,(H,14,15);/q;;;+3/p-3. The highest BCUT2D eigenvalue weighted by atomic mass is 35.5. The van der Waals surface area contributed by atoms with Gasteiger partial charge in [-0.3, -0.25) is 0 Å². The lowest BCUT2D eigenvalue weighted by atomic mass is 10.2. The second-order valence-corrected chi connectivity index (χ2v) is 12.0. The minimum atomic E-state index is -4.10. The minimum Gasteiger partial charge on any atom is -0.546 e. The van der Waals surface area contributed by atoms with E-state index >= 15 is 0 Å². The second kappa shape index (κ2) is 12.5. The van der Waals surface area contributed by atoms with Crippen LogP contribution < -0.4 is 0 Å². The Balaban J connectivity index is 1.32. The summed E-state index contributed by atoms with van der Waals surface area (Å²) < 4.78 is 16.0. The number of carbonyl (C=O) groups excluding carboxylic acids is 3. The summed E-state index contributed by atoms with van der Waals surface area (Å²) in [5.74, 6) is -4.28. The molecule has 0 aliphatic carbocycles. The van der Waals surface area contributed by atoms with Crippen LogP contribution in [-0.2, 0) is 11.4 Å². The fourth-order valence-electron chi connectivity index (χ4n) is 4.36. The topological polar surface area (TPSA) is 178 Å². The van der Waals surface area contributed by atoms with Crippen LogP contribution in [0.3, 0.4) is 0 Å². The van der Waals surface area contributed by atoms with E-state index in [1.165, 1.54) is 72.8 Å². The summed E-state index contributed by atoms with van der Waals surface area (Å²) in [6.07, 6.45) is 0. The van der Waals surface area contributed by atoms with Crippen molar-refractivity contribution in [3.8, 4) is 17.2 Å². The molecule has 3 heterocycles. The van der Waals surface area contributed by atoms with E-state index in [0.29, 0.717) is 16.2 Å². The molecule has 12 nitrogen and oxygen atoms in total. The number of carbonyl (C=O) groups is 3. The quantitative estimate of drug-likeness (QED) is 0.167. The van der Waals surface area contributed by atoms with Gasteiger partial charge in [0, 0.05) is 16.2 Å². The van der Waals surface area contributed by atoms with Crippen LogP contribution in [0.2, 0.25) is 15.1 Å². The number of hydrogen-bond acceptors (Lipinski definition) is 12. The molecule has 0 saturated carbocycles. The van der Waals surface area contributed by atoms with Crippen molar-refractivity contribution in [2.24, 2.45) is 0 Å². The van der Waals surface area contributed by atoms with Crippen LogP contribution in [0.5, 0.6) is 17.2 Å². The van der Waals surface area contributed by atoms with E-state index in [0.717, 1.165) is 0 Å². The van der Waals surface area contributed by atoms with E-state index in [9.17, 15) is 29.7 Å². The Kier molecular flexibility index (Phi) is 8.44. The molecular formula is C30H15AlCl3N3O9. The van der Waals surface area contributed by atoms with Gasteiger partial charge >= 0.3 is 33.1 Å². The van der Waals surface area contributed by atoms with Crippen molar-refractivity contribution >= 4 is 101 Å². The van der Waals surface area contributed by atoms with Gasteiger partial charge < -0.3 is 26.7 Å². The SMILES string of the molecule is O=C([O][Al]([O]C(=O)c1ccc2c(Cl)ccc(O)c2n1)[O]C(=O)c1ccc2c(Cl)ccc(O)c2n1)c1ccc2c(Cl)ccc(O)c2n1. The van der Waals surface area contributed by atoms with Crippen molar-refractivity contribution in [1.29, 1.82) is 0 Å². The first-order chi connectivity index (χ1) is 22.0. The zero-order chi connectivity index (χ0) is 32.7. The lowest BCUT2D eigenvalue weighted by molar-refractivity contribution is 0.0403. The zero-order valence-electron chi connectivity index (χ0n) is 22.8. The van der Waals surface area contributed by atoms with Crippen molar-refractivity contribution in [2.75, 3.05) is 0 Å². The molecule has 46 heavy (non-hydrogen) atoms. The van der Waals surface area contributed by atoms with Crippen molar-refractivity contribution in [2.45, 2.75) is 0 Å². The van der Waals surface area contributed by atoms with Gasteiger partial charge in [-0.1, -0.05) is 34.8 Å². The number of hydrogen-bond donors (Lipinski definition) is 3. The van der Waals surface area contributed by atoms with Crippen LogP contribution in [0, 0.1) is 0 Å². The van der Waals surface area contributed by atoms with Crippen LogP contribution in [0.25, 0.3) is 32.7 Å².